The summed E-state index contributed by atoms with van der Waals surface area (Å²) < 4.78 is 5.23. The predicted octanol–water partition coefficient (Wildman–Crippen LogP) is 2.32. The first-order valence-electron chi connectivity index (χ1n) is 10.9. The smallest absolute Gasteiger partial charge is 0.227 e. The van der Waals surface area contributed by atoms with E-state index in [-0.39, 0.29) is 24.3 Å². The van der Waals surface area contributed by atoms with E-state index in [4.69, 9.17) is 14.5 Å². The van der Waals surface area contributed by atoms with Gasteiger partial charge in [-0.05, 0) is 39.5 Å². The van der Waals surface area contributed by atoms with E-state index in [2.05, 4.69) is 10.5 Å². The standard InChI is InChI=1S/C22H30N6O3/c1-13-17(14(2)31-26-13)11-20(30)28-9-6-5-7-19(28)22-24-18-12-27(15(3)29)10-8-16(18)21(23-4)25-22/h19H,5-12H2,1-4H3,(H,23,24,25). The molecular weight excluding hydrogens is 396 g/mol. The minimum absolute atomic E-state index is 0.0387. The van der Waals surface area contributed by atoms with Crippen LogP contribution in [-0.2, 0) is 29.0 Å². The largest absolute Gasteiger partial charge is 0.373 e. The first-order valence-corrected chi connectivity index (χ1v) is 10.9. The van der Waals surface area contributed by atoms with Crippen LogP contribution in [0.4, 0.5) is 5.82 Å². The van der Waals surface area contributed by atoms with E-state index >= 15 is 0 Å². The molecule has 0 aromatic carbocycles. The van der Waals surface area contributed by atoms with Gasteiger partial charge in [-0.25, -0.2) is 9.97 Å². The second-order valence-electron chi connectivity index (χ2n) is 8.37. The van der Waals surface area contributed by atoms with Gasteiger partial charge < -0.3 is 19.6 Å². The Morgan fingerprint density at radius 2 is 2.00 bits per heavy atom. The molecule has 166 valence electrons. The van der Waals surface area contributed by atoms with Crippen LogP contribution in [-0.4, -0.2) is 56.9 Å². The van der Waals surface area contributed by atoms with Crippen LogP contribution in [0, 0.1) is 13.8 Å². The highest BCUT2D eigenvalue weighted by molar-refractivity contribution is 5.79. The monoisotopic (exact) mass is 426 g/mol. The third kappa shape index (κ3) is 4.13. The number of carbonyl (C=O) groups excluding carboxylic acids is 2. The summed E-state index contributed by atoms with van der Waals surface area (Å²) in [4.78, 5) is 38.6. The van der Waals surface area contributed by atoms with Crippen LogP contribution in [0.3, 0.4) is 0 Å². The molecule has 2 aliphatic rings. The third-order valence-corrected chi connectivity index (χ3v) is 6.39. The molecule has 9 heteroatoms. The number of nitrogens with one attached hydrogen (secondary N) is 1. The lowest BCUT2D eigenvalue weighted by atomic mass is 9.98. The van der Waals surface area contributed by atoms with E-state index in [9.17, 15) is 9.59 Å². The van der Waals surface area contributed by atoms with Gasteiger partial charge in [0.15, 0.2) is 5.82 Å². The van der Waals surface area contributed by atoms with Gasteiger partial charge in [-0.3, -0.25) is 9.59 Å². The molecule has 2 aliphatic heterocycles. The molecule has 2 aromatic rings. The number of piperidine rings is 1. The van der Waals surface area contributed by atoms with E-state index in [1.165, 1.54) is 0 Å². The molecule has 0 radical (unpaired) electrons. The number of nitrogens with zero attached hydrogens (tertiary/aromatic N) is 5. The van der Waals surface area contributed by atoms with E-state index < -0.39 is 0 Å². The number of hydrogen-bond donors (Lipinski definition) is 1. The summed E-state index contributed by atoms with van der Waals surface area (Å²) >= 11 is 0. The molecule has 4 rings (SSSR count). The van der Waals surface area contributed by atoms with Gasteiger partial charge in [0.25, 0.3) is 0 Å². The van der Waals surface area contributed by atoms with Crippen molar-refractivity contribution in [1.29, 1.82) is 0 Å². The Balaban J connectivity index is 1.64. The zero-order valence-corrected chi connectivity index (χ0v) is 18.7. The van der Waals surface area contributed by atoms with Gasteiger partial charge in [0.2, 0.25) is 11.8 Å². The first-order chi connectivity index (χ1) is 14.9. The molecule has 9 nitrogen and oxygen atoms in total. The summed E-state index contributed by atoms with van der Waals surface area (Å²) in [6.45, 7) is 7.12. The van der Waals surface area contributed by atoms with E-state index in [1.54, 1.807) is 11.8 Å². The second-order valence-corrected chi connectivity index (χ2v) is 8.37. The maximum atomic E-state index is 13.3. The van der Waals surface area contributed by atoms with Gasteiger partial charge in [0.05, 0.1) is 30.4 Å². The Morgan fingerprint density at radius 3 is 2.68 bits per heavy atom. The van der Waals surface area contributed by atoms with Gasteiger partial charge in [0, 0.05) is 38.2 Å². The average Bonchev–Trinajstić information content (AvgIpc) is 3.09. The minimum atomic E-state index is -0.174. The van der Waals surface area contributed by atoms with Crippen molar-refractivity contribution in [2.24, 2.45) is 0 Å². The van der Waals surface area contributed by atoms with Gasteiger partial charge in [0.1, 0.15) is 11.6 Å². The molecule has 1 fully saturated rings. The Morgan fingerprint density at radius 1 is 1.19 bits per heavy atom. The van der Waals surface area contributed by atoms with E-state index in [0.717, 1.165) is 54.0 Å². The van der Waals surface area contributed by atoms with E-state index in [0.29, 0.717) is 31.2 Å². The van der Waals surface area contributed by atoms with Crippen molar-refractivity contribution >= 4 is 17.6 Å². The zero-order chi connectivity index (χ0) is 22.1. The number of carbonyl (C=O) groups is 2. The fourth-order valence-corrected chi connectivity index (χ4v) is 4.58. The highest BCUT2D eigenvalue weighted by atomic mass is 16.5. The maximum absolute atomic E-state index is 13.3. The summed E-state index contributed by atoms with van der Waals surface area (Å²) in [7, 11) is 1.85. The van der Waals surface area contributed by atoms with Gasteiger partial charge >= 0.3 is 0 Å². The predicted molar refractivity (Wildman–Crippen MR) is 114 cm³/mol. The normalized spacial score (nSPS) is 18.6. The second kappa shape index (κ2) is 8.64. The van der Waals surface area contributed by atoms with Crippen LogP contribution in [0.1, 0.15) is 66.3 Å². The molecule has 2 aromatic heterocycles. The van der Waals surface area contributed by atoms with Crippen molar-refractivity contribution in [3.05, 3.63) is 34.1 Å². The van der Waals surface area contributed by atoms with Crippen LogP contribution >= 0.6 is 0 Å². The van der Waals surface area contributed by atoms with Crippen LogP contribution in [0.5, 0.6) is 0 Å². The number of rotatable bonds is 4. The Hall–Kier alpha value is -2.97. The van der Waals surface area contributed by atoms with Crippen LogP contribution in [0.2, 0.25) is 0 Å². The van der Waals surface area contributed by atoms with Crippen molar-refractivity contribution < 1.29 is 14.1 Å². The Bertz CT molecular complexity index is 982. The fraction of sp³-hybridized carbons (Fsp3) is 0.591. The van der Waals surface area contributed by atoms with E-state index in [1.807, 2.05) is 25.8 Å². The van der Waals surface area contributed by atoms with Gasteiger partial charge in [-0.15, -0.1) is 0 Å². The van der Waals surface area contributed by atoms with Crippen molar-refractivity contribution in [3.8, 4) is 0 Å². The van der Waals surface area contributed by atoms with Gasteiger partial charge in [-0.2, -0.15) is 0 Å². The van der Waals surface area contributed by atoms with Gasteiger partial charge in [-0.1, -0.05) is 5.16 Å². The molecule has 1 atom stereocenters. The molecule has 1 N–H and O–H groups in total. The number of hydrogen-bond acceptors (Lipinski definition) is 7. The molecule has 31 heavy (non-hydrogen) atoms. The van der Waals surface area contributed by atoms with Crippen molar-refractivity contribution in [2.75, 3.05) is 25.5 Å². The number of anilines is 1. The molecule has 4 heterocycles. The Labute approximate surface area is 182 Å². The lowest BCUT2D eigenvalue weighted by Crippen LogP contribution is -2.41. The molecule has 0 saturated carbocycles. The summed E-state index contributed by atoms with van der Waals surface area (Å²) in [5, 5.41) is 7.17. The molecule has 2 amide bonds. The SMILES string of the molecule is CNc1nc(C2CCCCN2C(=O)Cc2c(C)noc2C)nc2c1CCN(C(C)=O)C2. The molecule has 1 saturated heterocycles. The first kappa shape index (κ1) is 21.3. The Kier molecular flexibility index (Phi) is 5.93. The maximum Gasteiger partial charge on any atom is 0.227 e. The molecule has 0 spiro atoms. The highest BCUT2D eigenvalue weighted by Crippen LogP contribution is 2.33. The number of likely N-dealkylation sites (tertiary alicyclic amines) is 1. The summed E-state index contributed by atoms with van der Waals surface area (Å²) in [5.74, 6) is 2.22. The lowest BCUT2D eigenvalue weighted by Gasteiger charge is -2.36. The quantitative estimate of drug-likeness (QED) is 0.800. The summed E-state index contributed by atoms with van der Waals surface area (Å²) in [6.07, 6.45) is 3.80. The fourth-order valence-electron chi connectivity index (χ4n) is 4.58. The van der Waals surface area contributed by atoms with Crippen molar-refractivity contribution in [3.63, 3.8) is 0 Å². The van der Waals surface area contributed by atoms with Crippen molar-refractivity contribution in [1.82, 2.24) is 24.9 Å². The molecule has 0 bridgehead atoms. The summed E-state index contributed by atoms with van der Waals surface area (Å²) in [6, 6.07) is -0.174. The zero-order valence-electron chi connectivity index (χ0n) is 18.7. The number of aryl methyl sites for hydroxylation is 2. The average molecular weight is 427 g/mol. The topological polar surface area (TPSA) is 104 Å². The molecular formula is C22H30N6O3. The van der Waals surface area contributed by atoms with Crippen LogP contribution in [0.25, 0.3) is 0 Å². The molecule has 0 aliphatic carbocycles. The van der Waals surface area contributed by atoms with Crippen molar-refractivity contribution in [2.45, 2.75) is 65.5 Å². The number of fused-ring (bicyclic) bond motifs is 1. The minimum Gasteiger partial charge on any atom is -0.373 e. The number of amides is 2. The summed E-state index contributed by atoms with van der Waals surface area (Å²) in [5.41, 5.74) is 3.55. The third-order valence-electron chi connectivity index (χ3n) is 6.39. The highest BCUT2D eigenvalue weighted by Gasteiger charge is 2.33. The van der Waals surface area contributed by atoms with Crippen LogP contribution < -0.4 is 5.32 Å². The molecule has 1 unspecified atom stereocenters. The number of aromatic nitrogens is 3. The lowest BCUT2D eigenvalue weighted by molar-refractivity contribution is -0.134. The van der Waals surface area contributed by atoms with Crippen LogP contribution in [0.15, 0.2) is 4.52 Å².